The minimum absolute atomic E-state index is 0.338. The van der Waals surface area contributed by atoms with Gasteiger partial charge in [0.25, 0.3) is 0 Å². The first kappa shape index (κ1) is 15.9. The van der Waals surface area contributed by atoms with Crippen molar-refractivity contribution in [3.05, 3.63) is 23.9 Å². The molecule has 0 saturated carbocycles. The van der Waals surface area contributed by atoms with E-state index in [0.29, 0.717) is 6.04 Å². The molecule has 0 radical (unpaired) electrons. The molecule has 0 aliphatic carbocycles. The number of anilines is 1. The van der Waals surface area contributed by atoms with Crippen LogP contribution in [-0.2, 0) is 0 Å². The molecule has 1 atom stereocenters. The second-order valence-corrected chi connectivity index (χ2v) is 5.27. The van der Waals surface area contributed by atoms with Crippen LogP contribution in [0.5, 0.6) is 0 Å². The molecule has 0 aromatic carbocycles. The lowest BCUT2D eigenvalue weighted by Crippen LogP contribution is -2.27. The summed E-state index contributed by atoms with van der Waals surface area (Å²) in [6.07, 6.45) is 3.02. The first-order valence-corrected chi connectivity index (χ1v) is 7.10. The van der Waals surface area contributed by atoms with Gasteiger partial charge in [0.2, 0.25) is 0 Å². The van der Waals surface area contributed by atoms with Crippen molar-refractivity contribution in [1.82, 2.24) is 15.2 Å². The minimum Gasteiger partial charge on any atom is -0.359 e. The van der Waals surface area contributed by atoms with E-state index < -0.39 is 0 Å². The highest BCUT2D eigenvalue weighted by Gasteiger charge is 2.13. The maximum Gasteiger partial charge on any atom is 0.133 e. The van der Waals surface area contributed by atoms with Crippen molar-refractivity contribution in [1.29, 1.82) is 0 Å². The average Bonchev–Trinajstić information content (AvgIpc) is 2.38. The van der Waals surface area contributed by atoms with Gasteiger partial charge in [0.15, 0.2) is 0 Å². The monoisotopic (exact) mass is 264 g/mol. The maximum atomic E-state index is 4.55. The molecule has 0 fully saturated rings. The first-order valence-electron chi connectivity index (χ1n) is 7.10. The fourth-order valence-electron chi connectivity index (χ4n) is 2.21. The third-order valence-corrected chi connectivity index (χ3v) is 3.25. The maximum absolute atomic E-state index is 4.55. The number of nitrogens with one attached hydrogen (secondary N) is 1. The summed E-state index contributed by atoms with van der Waals surface area (Å²) in [5, 5.41) is 3.46. The molecule has 0 saturated heterocycles. The van der Waals surface area contributed by atoms with Crippen molar-refractivity contribution in [3.63, 3.8) is 0 Å². The third kappa shape index (κ3) is 5.17. The lowest BCUT2D eigenvalue weighted by molar-refractivity contribution is 0.401. The van der Waals surface area contributed by atoms with Gasteiger partial charge in [-0.15, -0.1) is 0 Å². The van der Waals surface area contributed by atoms with Crippen molar-refractivity contribution < 1.29 is 0 Å². The van der Waals surface area contributed by atoms with Crippen LogP contribution < -0.4 is 10.2 Å². The van der Waals surface area contributed by atoms with Crippen LogP contribution in [0.2, 0.25) is 0 Å². The summed E-state index contributed by atoms with van der Waals surface area (Å²) < 4.78 is 0. The Labute approximate surface area is 117 Å². The van der Waals surface area contributed by atoms with Gasteiger partial charge >= 0.3 is 0 Å². The zero-order valence-corrected chi connectivity index (χ0v) is 13.0. The second kappa shape index (κ2) is 8.12. The van der Waals surface area contributed by atoms with Crippen LogP contribution in [-0.4, -0.2) is 50.7 Å². The topological polar surface area (TPSA) is 31.4 Å². The molecule has 1 rings (SSSR count). The number of nitrogens with zero attached hydrogens (tertiary/aromatic N) is 3. The Balaban J connectivity index is 2.70. The number of hydrogen-bond acceptors (Lipinski definition) is 4. The van der Waals surface area contributed by atoms with Gasteiger partial charge in [0.05, 0.1) is 0 Å². The molecule has 1 aromatic heterocycles. The highest BCUT2D eigenvalue weighted by atomic mass is 15.2. The van der Waals surface area contributed by atoms with Gasteiger partial charge in [0.1, 0.15) is 5.82 Å². The molecule has 0 spiro atoms. The third-order valence-electron chi connectivity index (χ3n) is 3.25. The summed E-state index contributed by atoms with van der Waals surface area (Å²) >= 11 is 0. The zero-order chi connectivity index (χ0) is 14.3. The van der Waals surface area contributed by atoms with Crippen molar-refractivity contribution in [2.24, 2.45) is 0 Å². The van der Waals surface area contributed by atoms with E-state index in [1.165, 1.54) is 5.56 Å². The lowest BCUT2D eigenvalue weighted by atomic mass is 10.1. The molecule has 4 heteroatoms. The second-order valence-electron chi connectivity index (χ2n) is 5.27. The lowest BCUT2D eigenvalue weighted by Gasteiger charge is -2.24. The number of hydrogen-bond donors (Lipinski definition) is 1. The van der Waals surface area contributed by atoms with E-state index >= 15 is 0 Å². The van der Waals surface area contributed by atoms with Crippen LogP contribution in [0.1, 0.15) is 31.9 Å². The predicted octanol–water partition coefficient (Wildman–Crippen LogP) is 2.14. The Kier molecular flexibility index (Phi) is 6.81. The number of pyridine rings is 1. The molecule has 19 heavy (non-hydrogen) atoms. The fraction of sp³-hybridized carbons (Fsp3) is 0.667. The highest BCUT2D eigenvalue weighted by Crippen LogP contribution is 2.22. The van der Waals surface area contributed by atoms with Gasteiger partial charge in [-0.2, -0.15) is 0 Å². The standard InChI is InChI=1S/C15H28N4/c1-6-16-13(2)14-9-7-10-17-15(14)19(5)12-8-11-18(3)4/h7,9-10,13,16H,6,8,11-12H2,1-5H3. The molecule has 1 unspecified atom stereocenters. The van der Waals surface area contributed by atoms with E-state index in [9.17, 15) is 0 Å². The Hall–Kier alpha value is -1.13. The summed E-state index contributed by atoms with van der Waals surface area (Å²) in [6.45, 7) is 7.43. The van der Waals surface area contributed by atoms with Gasteiger partial charge in [-0.05, 0) is 46.6 Å². The summed E-state index contributed by atoms with van der Waals surface area (Å²) in [4.78, 5) is 9.03. The van der Waals surface area contributed by atoms with E-state index in [4.69, 9.17) is 0 Å². The Morgan fingerprint density at radius 1 is 1.26 bits per heavy atom. The molecule has 1 heterocycles. The Bertz CT molecular complexity index is 365. The summed E-state index contributed by atoms with van der Waals surface area (Å²) in [5.74, 6) is 1.09. The van der Waals surface area contributed by atoms with Gasteiger partial charge in [0, 0.05) is 31.4 Å². The summed E-state index contributed by atoms with van der Waals surface area (Å²) in [5.41, 5.74) is 1.27. The van der Waals surface area contributed by atoms with Crippen LogP contribution in [0.4, 0.5) is 5.82 Å². The average molecular weight is 264 g/mol. The zero-order valence-electron chi connectivity index (χ0n) is 13.0. The predicted molar refractivity (Wildman–Crippen MR) is 82.8 cm³/mol. The quantitative estimate of drug-likeness (QED) is 0.779. The summed E-state index contributed by atoms with van der Waals surface area (Å²) in [6, 6.07) is 4.52. The van der Waals surface area contributed by atoms with Crippen LogP contribution >= 0.6 is 0 Å². The van der Waals surface area contributed by atoms with Gasteiger partial charge in [-0.1, -0.05) is 13.0 Å². The SMILES string of the molecule is CCNC(C)c1cccnc1N(C)CCCN(C)C. The molecule has 1 N–H and O–H groups in total. The molecule has 108 valence electrons. The summed E-state index contributed by atoms with van der Waals surface area (Å²) in [7, 11) is 6.35. The molecule has 0 aliphatic heterocycles. The van der Waals surface area contributed by atoms with E-state index in [2.05, 4.69) is 61.2 Å². The van der Waals surface area contributed by atoms with Crippen LogP contribution in [0.25, 0.3) is 0 Å². The van der Waals surface area contributed by atoms with E-state index in [-0.39, 0.29) is 0 Å². The number of rotatable bonds is 8. The van der Waals surface area contributed by atoms with Gasteiger partial charge in [-0.25, -0.2) is 4.98 Å². The van der Waals surface area contributed by atoms with Crippen LogP contribution in [0.3, 0.4) is 0 Å². The molecule has 0 amide bonds. The van der Waals surface area contributed by atoms with E-state index in [1.54, 1.807) is 0 Å². The molecular weight excluding hydrogens is 236 g/mol. The largest absolute Gasteiger partial charge is 0.359 e. The van der Waals surface area contributed by atoms with Crippen molar-refractivity contribution >= 4 is 5.82 Å². The normalized spacial score (nSPS) is 12.7. The molecule has 1 aromatic rings. The van der Waals surface area contributed by atoms with E-state index in [1.807, 2.05) is 12.3 Å². The minimum atomic E-state index is 0.338. The van der Waals surface area contributed by atoms with E-state index in [0.717, 1.165) is 31.9 Å². The van der Waals surface area contributed by atoms with Crippen molar-refractivity contribution in [2.45, 2.75) is 26.3 Å². The number of aromatic nitrogens is 1. The highest BCUT2D eigenvalue weighted by molar-refractivity contribution is 5.47. The van der Waals surface area contributed by atoms with Gasteiger partial charge < -0.3 is 15.1 Å². The molecule has 0 aliphatic rings. The van der Waals surface area contributed by atoms with Crippen molar-refractivity contribution in [2.75, 3.05) is 45.7 Å². The molecular formula is C15H28N4. The first-order chi connectivity index (χ1) is 9.06. The Morgan fingerprint density at radius 2 is 2.00 bits per heavy atom. The van der Waals surface area contributed by atoms with Gasteiger partial charge in [-0.3, -0.25) is 0 Å². The Morgan fingerprint density at radius 3 is 2.63 bits per heavy atom. The molecule has 4 nitrogen and oxygen atoms in total. The smallest absolute Gasteiger partial charge is 0.133 e. The fourth-order valence-corrected chi connectivity index (χ4v) is 2.21. The van der Waals surface area contributed by atoms with Crippen LogP contribution in [0.15, 0.2) is 18.3 Å². The molecule has 0 bridgehead atoms. The van der Waals surface area contributed by atoms with Crippen LogP contribution in [0, 0.1) is 0 Å². The van der Waals surface area contributed by atoms with Crippen molar-refractivity contribution in [3.8, 4) is 0 Å².